The minimum absolute atomic E-state index is 0.273. The minimum Gasteiger partial charge on any atom is -0.462 e. The molecule has 7 nitrogen and oxygen atoms in total. The Labute approximate surface area is 178 Å². The van der Waals surface area contributed by atoms with Gasteiger partial charge in [0.15, 0.2) is 0 Å². The van der Waals surface area contributed by atoms with Crippen LogP contribution >= 0.6 is 0 Å². The van der Waals surface area contributed by atoms with Crippen molar-refractivity contribution in [1.82, 2.24) is 0 Å². The summed E-state index contributed by atoms with van der Waals surface area (Å²) >= 11 is 0. The number of hydrogen-bond donors (Lipinski definition) is 1. The molecule has 0 saturated heterocycles. The summed E-state index contributed by atoms with van der Waals surface area (Å²) in [7, 11) is -3.72. The van der Waals surface area contributed by atoms with Gasteiger partial charge in [0.25, 0.3) is 0 Å². The summed E-state index contributed by atoms with van der Waals surface area (Å²) in [4.78, 5) is 24.8. The number of sulfonamides is 1. The molecular formula is C22H28N2O5S. The molecule has 30 heavy (non-hydrogen) atoms. The topological polar surface area (TPSA) is 92.8 Å². The van der Waals surface area contributed by atoms with E-state index in [4.69, 9.17) is 4.74 Å². The van der Waals surface area contributed by atoms with E-state index in [1.165, 1.54) is 4.31 Å². The molecule has 0 unspecified atom stereocenters. The van der Waals surface area contributed by atoms with Crippen LogP contribution in [0.4, 0.5) is 11.4 Å². The Morgan fingerprint density at radius 2 is 1.70 bits per heavy atom. The van der Waals surface area contributed by atoms with E-state index in [9.17, 15) is 18.0 Å². The first-order valence-electron chi connectivity index (χ1n) is 9.73. The number of carbonyl (C=O) groups excluding carboxylic acids is 2. The Bertz CT molecular complexity index is 1020. The molecule has 1 N–H and O–H groups in total. The second-order valence-electron chi connectivity index (χ2n) is 7.06. The monoisotopic (exact) mass is 432 g/mol. The predicted molar refractivity (Wildman–Crippen MR) is 118 cm³/mol. The van der Waals surface area contributed by atoms with E-state index in [-0.39, 0.29) is 13.0 Å². The van der Waals surface area contributed by atoms with Gasteiger partial charge < -0.3 is 10.1 Å². The zero-order valence-electron chi connectivity index (χ0n) is 17.9. The molecule has 0 aliphatic rings. The third-order valence-corrected chi connectivity index (χ3v) is 5.76. The molecule has 0 aliphatic heterocycles. The molecular weight excluding hydrogens is 404 g/mol. The smallest absolute Gasteiger partial charge is 0.338 e. The van der Waals surface area contributed by atoms with E-state index < -0.39 is 27.9 Å². The lowest BCUT2D eigenvalue weighted by Crippen LogP contribution is -2.47. The van der Waals surface area contributed by atoms with Crippen LogP contribution in [0.1, 0.15) is 41.8 Å². The summed E-state index contributed by atoms with van der Waals surface area (Å²) in [6.45, 7) is 7.44. The van der Waals surface area contributed by atoms with Crippen molar-refractivity contribution >= 4 is 33.3 Å². The normalized spacial score (nSPS) is 12.2. The standard InChI is InChI=1S/C22H28N2O5S/c1-6-19(24(30(5,27)28)20-14-15(3)8-9-16(20)4)21(25)23-18-12-10-17(11-13-18)22(26)29-7-2/h8-14,19H,6-7H2,1-5H3,(H,23,25)/t19-/m1/s1. The van der Waals surface area contributed by atoms with Crippen LogP contribution in [0.5, 0.6) is 0 Å². The quantitative estimate of drug-likeness (QED) is 0.643. The number of nitrogens with one attached hydrogen (secondary N) is 1. The first kappa shape index (κ1) is 23.4. The number of nitrogens with zero attached hydrogens (tertiary/aromatic N) is 1. The van der Waals surface area contributed by atoms with Gasteiger partial charge in [-0.25, -0.2) is 13.2 Å². The minimum atomic E-state index is -3.72. The van der Waals surface area contributed by atoms with Crippen LogP contribution in [0.2, 0.25) is 0 Å². The van der Waals surface area contributed by atoms with E-state index in [0.29, 0.717) is 16.9 Å². The van der Waals surface area contributed by atoms with Gasteiger partial charge in [0.2, 0.25) is 15.9 Å². The predicted octanol–water partition coefficient (Wildman–Crippen LogP) is 3.66. The molecule has 0 bridgehead atoms. The Morgan fingerprint density at radius 3 is 2.23 bits per heavy atom. The number of ether oxygens (including phenoxy) is 1. The van der Waals surface area contributed by atoms with Crippen LogP contribution in [0.25, 0.3) is 0 Å². The molecule has 2 aromatic carbocycles. The largest absolute Gasteiger partial charge is 0.462 e. The summed E-state index contributed by atoms with van der Waals surface area (Å²) in [6.07, 6.45) is 1.38. The van der Waals surface area contributed by atoms with Crippen molar-refractivity contribution < 1.29 is 22.7 Å². The van der Waals surface area contributed by atoms with Gasteiger partial charge in [-0.2, -0.15) is 0 Å². The van der Waals surface area contributed by atoms with E-state index in [1.807, 2.05) is 26.0 Å². The number of carbonyl (C=O) groups is 2. The molecule has 0 spiro atoms. The number of hydrogen-bond acceptors (Lipinski definition) is 5. The molecule has 1 amide bonds. The highest BCUT2D eigenvalue weighted by molar-refractivity contribution is 7.92. The van der Waals surface area contributed by atoms with Gasteiger partial charge in [-0.15, -0.1) is 0 Å². The van der Waals surface area contributed by atoms with Crippen molar-refractivity contribution in [3.05, 3.63) is 59.2 Å². The molecule has 0 saturated carbocycles. The fourth-order valence-electron chi connectivity index (χ4n) is 3.12. The van der Waals surface area contributed by atoms with Gasteiger partial charge in [0.05, 0.1) is 24.1 Å². The zero-order valence-corrected chi connectivity index (χ0v) is 18.7. The van der Waals surface area contributed by atoms with E-state index in [1.54, 1.807) is 44.2 Å². The van der Waals surface area contributed by atoms with Crippen LogP contribution in [-0.4, -0.2) is 39.2 Å². The van der Waals surface area contributed by atoms with Crippen LogP contribution in [0.3, 0.4) is 0 Å². The van der Waals surface area contributed by atoms with Gasteiger partial charge >= 0.3 is 5.97 Å². The molecule has 1 atom stereocenters. The summed E-state index contributed by atoms with van der Waals surface area (Å²) < 4.78 is 31.4. The van der Waals surface area contributed by atoms with Crippen molar-refractivity contribution in [1.29, 1.82) is 0 Å². The Balaban J connectivity index is 2.32. The molecule has 0 heterocycles. The number of esters is 1. The lowest BCUT2D eigenvalue weighted by Gasteiger charge is -2.31. The molecule has 0 radical (unpaired) electrons. The van der Waals surface area contributed by atoms with E-state index in [2.05, 4.69) is 5.32 Å². The van der Waals surface area contributed by atoms with Crippen molar-refractivity contribution in [2.75, 3.05) is 22.5 Å². The number of anilines is 2. The van der Waals surface area contributed by atoms with Gasteiger partial charge in [0, 0.05) is 5.69 Å². The number of benzene rings is 2. The molecule has 0 aromatic heterocycles. The number of aryl methyl sites for hydroxylation is 2. The Hall–Kier alpha value is -2.87. The highest BCUT2D eigenvalue weighted by atomic mass is 32.2. The molecule has 0 fully saturated rings. The van der Waals surface area contributed by atoms with Crippen LogP contribution < -0.4 is 9.62 Å². The zero-order chi connectivity index (χ0) is 22.5. The van der Waals surface area contributed by atoms with Crippen LogP contribution in [0, 0.1) is 13.8 Å². The van der Waals surface area contributed by atoms with Gasteiger partial charge in [-0.1, -0.05) is 19.1 Å². The maximum Gasteiger partial charge on any atom is 0.338 e. The lowest BCUT2D eigenvalue weighted by atomic mass is 10.1. The first-order valence-corrected chi connectivity index (χ1v) is 11.6. The summed E-state index contributed by atoms with van der Waals surface area (Å²) in [5, 5.41) is 2.75. The van der Waals surface area contributed by atoms with E-state index >= 15 is 0 Å². The van der Waals surface area contributed by atoms with Gasteiger partial charge in [-0.3, -0.25) is 9.10 Å². The molecule has 2 rings (SSSR count). The molecule has 8 heteroatoms. The van der Waals surface area contributed by atoms with Crippen LogP contribution in [0.15, 0.2) is 42.5 Å². The Kier molecular flexibility index (Phi) is 7.61. The summed E-state index contributed by atoms with van der Waals surface area (Å²) in [5.74, 6) is -0.896. The second-order valence-corrected chi connectivity index (χ2v) is 8.92. The first-order chi connectivity index (χ1) is 14.1. The molecule has 0 aliphatic carbocycles. The number of amides is 1. The van der Waals surface area contributed by atoms with Gasteiger partial charge in [-0.05, 0) is 68.7 Å². The SMILES string of the molecule is CCOC(=O)c1ccc(NC(=O)[C@@H](CC)N(c2cc(C)ccc2C)S(C)(=O)=O)cc1. The van der Waals surface area contributed by atoms with Crippen molar-refractivity contribution in [3.8, 4) is 0 Å². The van der Waals surface area contributed by atoms with Crippen molar-refractivity contribution in [2.24, 2.45) is 0 Å². The number of rotatable bonds is 8. The maximum absolute atomic E-state index is 13.0. The average molecular weight is 433 g/mol. The maximum atomic E-state index is 13.0. The molecule has 2 aromatic rings. The fraction of sp³-hybridized carbons (Fsp3) is 0.364. The van der Waals surface area contributed by atoms with Crippen molar-refractivity contribution in [2.45, 2.75) is 40.2 Å². The van der Waals surface area contributed by atoms with E-state index in [0.717, 1.165) is 17.4 Å². The van der Waals surface area contributed by atoms with Crippen molar-refractivity contribution in [3.63, 3.8) is 0 Å². The highest BCUT2D eigenvalue weighted by Gasteiger charge is 2.32. The molecule has 162 valence electrons. The third kappa shape index (κ3) is 5.60. The Morgan fingerprint density at radius 1 is 1.07 bits per heavy atom. The summed E-state index contributed by atoms with van der Waals surface area (Å²) in [5.41, 5.74) is 2.97. The van der Waals surface area contributed by atoms with Crippen LogP contribution in [-0.2, 0) is 19.6 Å². The summed E-state index contributed by atoms with van der Waals surface area (Å²) in [6, 6.07) is 10.8. The fourth-order valence-corrected chi connectivity index (χ4v) is 4.38. The second kappa shape index (κ2) is 9.75. The lowest BCUT2D eigenvalue weighted by molar-refractivity contribution is -0.117. The highest BCUT2D eigenvalue weighted by Crippen LogP contribution is 2.28. The van der Waals surface area contributed by atoms with Gasteiger partial charge in [0.1, 0.15) is 6.04 Å². The third-order valence-electron chi connectivity index (χ3n) is 4.60. The average Bonchev–Trinajstić information content (AvgIpc) is 2.67.